The number of amides is 2. The predicted octanol–water partition coefficient (Wildman–Crippen LogP) is 5.24. The number of hydrogen-bond acceptors (Lipinski definition) is 12. The van der Waals surface area contributed by atoms with Gasteiger partial charge in [0.25, 0.3) is 10.1 Å². The molecule has 0 radical (unpaired) electrons. The lowest BCUT2D eigenvalue weighted by molar-refractivity contribution is -0.198. The van der Waals surface area contributed by atoms with Crippen LogP contribution in [0.3, 0.4) is 0 Å². The third kappa shape index (κ3) is 7.18. The summed E-state index contributed by atoms with van der Waals surface area (Å²) in [6, 6.07) is 7.95. The highest BCUT2D eigenvalue weighted by molar-refractivity contribution is 7.86. The van der Waals surface area contributed by atoms with Gasteiger partial charge in [-0.3, -0.25) is 4.18 Å². The van der Waals surface area contributed by atoms with Crippen LogP contribution in [-0.2, 0) is 38.0 Å². The van der Waals surface area contributed by atoms with Crippen molar-refractivity contribution in [2.24, 2.45) is 0 Å². The quantitative estimate of drug-likeness (QED) is 0.317. The highest BCUT2D eigenvalue weighted by Gasteiger charge is 2.56. The number of rotatable bonds is 6. The molecule has 1 aromatic carbocycles. The van der Waals surface area contributed by atoms with Gasteiger partial charge >= 0.3 is 12.2 Å². The summed E-state index contributed by atoms with van der Waals surface area (Å²) in [5.41, 5.74) is -0.626. The minimum atomic E-state index is -4.08. The molecule has 0 bridgehead atoms. The number of fused-ring (bicyclic) bond motifs is 2. The molecule has 0 unspecified atom stereocenters. The molecule has 250 valence electrons. The molecule has 2 aliphatic heterocycles. The zero-order valence-corrected chi connectivity index (χ0v) is 28.2. The molecule has 2 aliphatic rings. The van der Waals surface area contributed by atoms with Gasteiger partial charge in [0.1, 0.15) is 41.5 Å². The molecule has 15 heteroatoms. The van der Waals surface area contributed by atoms with Crippen LogP contribution in [0.1, 0.15) is 67.2 Å². The zero-order chi connectivity index (χ0) is 33.8. The largest absolute Gasteiger partial charge is 0.443 e. The molecule has 3 aromatic rings. The van der Waals surface area contributed by atoms with Crippen LogP contribution in [-0.4, -0.2) is 77.0 Å². The summed E-state index contributed by atoms with van der Waals surface area (Å²) in [6.07, 6.45) is -2.17. The Labute approximate surface area is 268 Å². The Kier molecular flexibility index (Phi) is 8.70. The molecule has 2 aromatic heterocycles. The molecule has 2 saturated heterocycles. The molecule has 0 spiro atoms. The van der Waals surface area contributed by atoms with E-state index < -0.39 is 63.8 Å². The average molecular weight is 661 g/mol. The smallest absolute Gasteiger partial charge is 0.425 e. The van der Waals surface area contributed by atoms with Crippen molar-refractivity contribution in [2.45, 2.75) is 109 Å². The summed E-state index contributed by atoms with van der Waals surface area (Å²) in [6.45, 7) is 15.1. The third-order valence-electron chi connectivity index (χ3n) is 6.95. The molecule has 0 aliphatic carbocycles. The van der Waals surface area contributed by atoms with Gasteiger partial charge in [-0.1, -0.05) is 17.7 Å². The highest BCUT2D eigenvalue weighted by Crippen LogP contribution is 2.44. The number of carbonyl (C=O) groups excluding carboxylic acids is 2. The van der Waals surface area contributed by atoms with Gasteiger partial charge in [-0.25, -0.2) is 19.6 Å². The van der Waals surface area contributed by atoms with Gasteiger partial charge in [0.05, 0.1) is 16.9 Å². The van der Waals surface area contributed by atoms with Crippen LogP contribution in [0.4, 0.5) is 15.4 Å². The lowest BCUT2D eigenvalue weighted by atomic mass is 10.1. The second kappa shape index (κ2) is 11.9. The fourth-order valence-corrected chi connectivity index (χ4v) is 6.07. The molecule has 2 fully saturated rings. The van der Waals surface area contributed by atoms with Crippen molar-refractivity contribution < 1.29 is 45.9 Å². The summed E-state index contributed by atoms with van der Waals surface area (Å²) >= 11 is 0. The van der Waals surface area contributed by atoms with Crippen LogP contribution in [0.25, 0.3) is 11.0 Å². The number of aromatic nitrogens is 3. The number of benzene rings is 1. The second-order valence-corrected chi connectivity index (χ2v) is 15.3. The molecule has 4 atom stereocenters. The number of carbonyl (C=O) groups is 2. The summed E-state index contributed by atoms with van der Waals surface area (Å²) < 4.78 is 62.7. The Balaban J connectivity index is 1.47. The molecule has 0 saturated carbocycles. The summed E-state index contributed by atoms with van der Waals surface area (Å²) in [7, 11) is -4.08. The lowest BCUT2D eigenvalue weighted by Crippen LogP contribution is -2.44. The Bertz CT molecular complexity index is 1700. The van der Waals surface area contributed by atoms with E-state index in [4.69, 9.17) is 27.9 Å². The van der Waals surface area contributed by atoms with Gasteiger partial charge in [-0.15, -0.1) is 0 Å². The van der Waals surface area contributed by atoms with E-state index in [0.29, 0.717) is 11.0 Å². The predicted molar refractivity (Wildman–Crippen MR) is 165 cm³/mol. The minimum Gasteiger partial charge on any atom is -0.443 e. The number of ether oxygens (including phenoxy) is 5. The Morgan fingerprint density at radius 2 is 1.52 bits per heavy atom. The van der Waals surface area contributed by atoms with Gasteiger partial charge in [0.2, 0.25) is 0 Å². The summed E-state index contributed by atoms with van der Waals surface area (Å²) in [5.74, 6) is -1.06. The maximum absolute atomic E-state index is 13.3. The number of imide groups is 1. The normalized spacial score (nSPS) is 22.9. The molecular weight excluding hydrogens is 620 g/mol. The molecule has 2 amide bonds. The fourth-order valence-electron chi connectivity index (χ4n) is 5.15. The number of nitrogens with zero attached hydrogens (tertiary/aromatic N) is 4. The Morgan fingerprint density at radius 3 is 2.11 bits per heavy atom. The highest BCUT2D eigenvalue weighted by atomic mass is 32.2. The monoisotopic (exact) mass is 660 g/mol. The average Bonchev–Trinajstić information content (AvgIpc) is 3.57. The number of aryl methyl sites for hydroxylation is 1. The van der Waals surface area contributed by atoms with Gasteiger partial charge in [-0.05, 0) is 80.5 Å². The van der Waals surface area contributed by atoms with E-state index >= 15 is 0 Å². The topological polar surface area (TPSA) is 158 Å². The first-order chi connectivity index (χ1) is 21.2. The van der Waals surface area contributed by atoms with Crippen LogP contribution < -0.4 is 4.90 Å². The van der Waals surface area contributed by atoms with Crippen LogP contribution in [0.5, 0.6) is 0 Å². The van der Waals surface area contributed by atoms with Gasteiger partial charge < -0.3 is 28.3 Å². The second-order valence-electron chi connectivity index (χ2n) is 13.6. The minimum absolute atomic E-state index is 0.0216. The maximum Gasteiger partial charge on any atom is 0.425 e. The van der Waals surface area contributed by atoms with Crippen molar-refractivity contribution in [1.29, 1.82) is 0 Å². The van der Waals surface area contributed by atoms with E-state index in [-0.39, 0.29) is 17.3 Å². The number of hydrogen-bond donors (Lipinski definition) is 0. The van der Waals surface area contributed by atoms with Gasteiger partial charge in [0, 0.05) is 6.20 Å². The molecule has 4 heterocycles. The van der Waals surface area contributed by atoms with Crippen LogP contribution in [0.15, 0.2) is 47.8 Å². The van der Waals surface area contributed by atoms with E-state index in [9.17, 15) is 18.0 Å². The molecule has 46 heavy (non-hydrogen) atoms. The zero-order valence-electron chi connectivity index (χ0n) is 27.3. The fraction of sp³-hybridized carbons (Fsp3) is 0.548. The van der Waals surface area contributed by atoms with Crippen LogP contribution in [0, 0.1) is 6.92 Å². The molecule has 5 rings (SSSR count). The summed E-state index contributed by atoms with van der Waals surface area (Å²) in [5, 5.41) is 0.319. The van der Waals surface area contributed by atoms with Crippen molar-refractivity contribution >= 4 is 39.2 Å². The third-order valence-corrected chi connectivity index (χ3v) is 8.24. The van der Waals surface area contributed by atoms with E-state index in [2.05, 4.69) is 9.97 Å². The van der Waals surface area contributed by atoms with E-state index in [1.807, 2.05) is 6.92 Å². The molecule has 0 N–H and O–H groups in total. The van der Waals surface area contributed by atoms with Crippen LogP contribution in [0.2, 0.25) is 0 Å². The first-order valence-electron chi connectivity index (χ1n) is 14.8. The van der Waals surface area contributed by atoms with E-state index in [1.165, 1.54) is 18.5 Å². The van der Waals surface area contributed by atoms with Gasteiger partial charge in [-0.2, -0.15) is 13.3 Å². The first-order valence-corrected chi connectivity index (χ1v) is 16.2. The van der Waals surface area contributed by atoms with Crippen molar-refractivity contribution in [3.05, 3.63) is 48.4 Å². The standard InChI is InChI=1S/C31H40N4O10S/c1-18-10-12-19(13-11-18)46(38,39)40-16-21-22-23(43-31(8,9)42-22)26(41-21)34-15-14-20-24(34)32-17-33-25(20)35(27(36)44-29(2,3)4)28(37)45-30(5,6)7/h10-15,17,21-23,26H,16H2,1-9H3/t21-,22-,23-,26-/m1/s1. The van der Waals surface area contributed by atoms with Crippen molar-refractivity contribution in [3.63, 3.8) is 0 Å². The van der Waals surface area contributed by atoms with Crippen molar-refractivity contribution in [3.8, 4) is 0 Å². The maximum atomic E-state index is 13.3. The van der Waals surface area contributed by atoms with E-state index in [1.54, 1.807) is 84.4 Å². The van der Waals surface area contributed by atoms with Crippen molar-refractivity contribution in [2.75, 3.05) is 11.5 Å². The Hall–Kier alpha value is -3.63. The van der Waals surface area contributed by atoms with Crippen LogP contribution >= 0.6 is 0 Å². The summed E-state index contributed by atoms with van der Waals surface area (Å²) in [4.78, 5) is 36.1. The van der Waals surface area contributed by atoms with E-state index in [0.717, 1.165) is 10.5 Å². The first kappa shape index (κ1) is 33.7. The van der Waals surface area contributed by atoms with Crippen molar-refractivity contribution in [1.82, 2.24) is 14.5 Å². The molecule has 14 nitrogen and oxygen atoms in total. The number of anilines is 1. The lowest BCUT2D eigenvalue weighted by Gasteiger charge is -2.28. The SMILES string of the molecule is Cc1ccc(S(=O)(=O)OC[C@H]2O[C@@H](n3ccc4c(N(C(=O)OC(C)(C)C)C(=O)OC(C)(C)C)ncnc43)[C@@H]3OC(C)(C)O[C@@H]32)cc1. The van der Waals surface area contributed by atoms with Gasteiger partial charge in [0.15, 0.2) is 17.8 Å². The molecular formula is C31H40N4O10S. The Morgan fingerprint density at radius 1 is 0.935 bits per heavy atom.